The van der Waals surface area contributed by atoms with Gasteiger partial charge in [-0.05, 0) is 89.9 Å². The first kappa shape index (κ1) is 74.8. The first-order chi connectivity index (χ1) is 38.0. The van der Waals surface area contributed by atoms with E-state index >= 15 is 0 Å². The molecule has 0 aromatic carbocycles. The zero-order valence-corrected chi connectivity index (χ0v) is 51.7. The van der Waals surface area contributed by atoms with Crippen LogP contribution in [0.1, 0.15) is 367 Å². The highest BCUT2D eigenvalue weighted by Gasteiger charge is 2.18. The molecule has 2 unspecified atom stereocenters. The molecule has 2 atom stereocenters. The highest BCUT2D eigenvalue weighted by atomic mass is 16.5. The second-order valence-corrected chi connectivity index (χ2v) is 23.5. The number of allylic oxidation sites excluding steroid dienone is 7. The summed E-state index contributed by atoms with van der Waals surface area (Å²) in [5.41, 5.74) is 0. The third kappa shape index (κ3) is 62.9. The fraction of sp³-hybridized carbons (Fsp3) is 0.859. The van der Waals surface area contributed by atoms with E-state index in [1.165, 1.54) is 276 Å². The minimum absolute atomic E-state index is 0.00383. The molecule has 0 spiro atoms. The molecule has 6 heteroatoms. The lowest BCUT2D eigenvalue weighted by Gasteiger charge is -2.20. The lowest BCUT2D eigenvalue weighted by atomic mass is 10.0. The van der Waals surface area contributed by atoms with Gasteiger partial charge in [-0.15, -0.1) is 0 Å². The average molecular weight is 1080 g/mol. The summed E-state index contributed by atoms with van der Waals surface area (Å²) < 4.78 is 5.49. The molecule has 452 valence electrons. The predicted octanol–water partition coefficient (Wildman–Crippen LogP) is 22.1. The molecule has 0 aromatic rings. The second-order valence-electron chi connectivity index (χ2n) is 23.5. The number of aliphatic hydroxyl groups is 2. The average Bonchev–Trinajstić information content (AvgIpc) is 3.43. The van der Waals surface area contributed by atoms with Gasteiger partial charge in [0.15, 0.2) is 0 Å². The first-order valence-electron chi connectivity index (χ1n) is 34.4. The van der Waals surface area contributed by atoms with E-state index in [1.54, 1.807) is 6.08 Å². The molecule has 0 saturated carbocycles. The van der Waals surface area contributed by atoms with Crippen molar-refractivity contribution in [1.82, 2.24) is 5.32 Å². The number of rotatable bonds is 64. The molecule has 0 heterocycles. The molecule has 0 rings (SSSR count). The van der Waals surface area contributed by atoms with Crippen LogP contribution in [0.25, 0.3) is 0 Å². The monoisotopic (exact) mass is 1080 g/mol. The van der Waals surface area contributed by atoms with Gasteiger partial charge in [0.25, 0.3) is 0 Å². The van der Waals surface area contributed by atoms with E-state index < -0.39 is 12.1 Å². The van der Waals surface area contributed by atoms with Crippen molar-refractivity contribution in [3.63, 3.8) is 0 Å². The molecule has 0 aromatic heterocycles. The molecule has 0 aliphatic carbocycles. The van der Waals surface area contributed by atoms with Crippen LogP contribution in [0.4, 0.5) is 0 Å². The van der Waals surface area contributed by atoms with E-state index in [-0.39, 0.29) is 18.5 Å². The highest BCUT2D eigenvalue weighted by Crippen LogP contribution is 2.18. The zero-order chi connectivity index (χ0) is 55.7. The Balaban J connectivity index is 3.47. The van der Waals surface area contributed by atoms with Crippen molar-refractivity contribution >= 4 is 11.9 Å². The van der Waals surface area contributed by atoms with Crippen LogP contribution in [0.15, 0.2) is 48.6 Å². The Morgan fingerprint density at radius 1 is 0.364 bits per heavy atom. The summed E-state index contributed by atoms with van der Waals surface area (Å²) in [5, 5.41) is 23.2. The number of aliphatic hydroxyl groups excluding tert-OH is 2. The van der Waals surface area contributed by atoms with Gasteiger partial charge in [0.05, 0.1) is 25.4 Å². The third-order valence-electron chi connectivity index (χ3n) is 15.8. The van der Waals surface area contributed by atoms with Crippen LogP contribution >= 0.6 is 0 Å². The van der Waals surface area contributed by atoms with Gasteiger partial charge in [-0.1, -0.05) is 313 Å². The molecule has 0 aliphatic rings. The molecule has 6 nitrogen and oxygen atoms in total. The van der Waals surface area contributed by atoms with Gasteiger partial charge >= 0.3 is 5.97 Å². The van der Waals surface area contributed by atoms with Crippen LogP contribution in [0, 0.1) is 0 Å². The molecular formula is C71H133NO5. The molecule has 1 amide bonds. The summed E-state index contributed by atoms with van der Waals surface area (Å²) in [5.74, 6) is -0.0787. The Kier molecular flexibility index (Phi) is 64.5. The summed E-state index contributed by atoms with van der Waals surface area (Å²) in [6, 6.07) is -0.638. The minimum atomic E-state index is -0.853. The normalized spacial score (nSPS) is 12.8. The number of carbonyl (C=O) groups is 2. The van der Waals surface area contributed by atoms with Crippen LogP contribution in [0.3, 0.4) is 0 Å². The Morgan fingerprint density at radius 2 is 0.649 bits per heavy atom. The van der Waals surface area contributed by atoms with Gasteiger partial charge in [0.1, 0.15) is 0 Å². The number of hydrogen-bond acceptors (Lipinski definition) is 5. The van der Waals surface area contributed by atoms with Gasteiger partial charge in [-0.25, -0.2) is 0 Å². The van der Waals surface area contributed by atoms with E-state index in [0.717, 1.165) is 64.2 Å². The second kappa shape index (κ2) is 66.3. The van der Waals surface area contributed by atoms with Crippen LogP contribution in [0.2, 0.25) is 0 Å². The van der Waals surface area contributed by atoms with Crippen LogP contribution < -0.4 is 5.32 Å². The topological polar surface area (TPSA) is 95.9 Å². The van der Waals surface area contributed by atoms with Gasteiger partial charge in [-0.3, -0.25) is 9.59 Å². The van der Waals surface area contributed by atoms with E-state index in [9.17, 15) is 19.8 Å². The largest absolute Gasteiger partial charge is 0.466 e. The van der Waals surface area contributed by atoms with Crippen LogP contribution in [-0.2, 0) is 14.3 Å². The van der Waals surface area contributed by atoms with Crippen molar-refractivity contribution in [2.75, 3.05) is 13.2 Å². The van der Waals surface area contributed by atoms with E-state index in [1.807, 2.05) is 6.08 Å². The highest BCUT2D eigenvalue weighted by molar-refractivity contribution is 5.76. The smallest absolute Gasteiger partial charge is 0.305 e. The maximum atomic E-state index is 12.5. The number of nitrogens with one attached hydrogen (secondary N) is 1. The molecule has 0 bridgehead atoms. The maximum Gasteiger partial charge on any atom is 0.305 e. The summed E-state index contributed by atoms with van der Waals surface area (Å²) in [4.78, 5) is 24.6. The maximum absolute atomic E-state index is 12.5. The van der Waals surface area contributed by atoms with Crippen molar-refractivity contribution in [2.45, 2.75) is 379 Å². The van der Waals surface area contributed by atoms with Crippen molar-refractivity contribution < 1.29 is 24.5 Å². The molecule has 0 fully saturated rings. The Labute approximate surface area is 480 Å². The van der Waals surface area contributed by atoms with Crippen LogP contribution in [0.5, 0.6) is 0 Å². The van der Waals surface area contributed by atoms with Crippen molar-refractivity contribution in [3.8, 4) is 0 Å². The summed E-state index contributed by atoms with van der Waals surface area (Å²) in [7, 11) is 0. The number of hydrogen-bond donors (Lipinski definition) is 3. The Morgan fingerprint density at radius 3 is 1.01 bits per heavy atom. The summed E-state index contributed by atoms with van der Waals surface area (Å²) in [6.45, 7) is 4.90. The molecule has 0 saturated heterocycles. The quantitative estimate of drug-likeness (QED) is 0.0320. The number of carbonyl (C=O) groups excluding carboxylic acids is 2. The molecular weight excluding hydrogens is 947 g/mol. The van der Waals surface area contributed by atoms with Gasteiger partial charge in [0.2, 0.25) is 5.91 Å². The molecule has 0 aliphatic heterocycles. The standard InChI is InChI=1S/C71H133NO5/c1-3-5-7-9-11-13-15-17-19-21-23-24-25-26-28-31-35-39-43-47-51-55-59-63-69(74)68(67-73)72-70(75)64-60-56-52-48-44-40-36-32-29-27-30-34-38-42-46-50-54-58-62-66-77-71(76)65-61-57-53-49-45-41-37-33-22-20-18-16-14-12-10-8-6-4-2/h14,16,20,22,27,29,59,63,68-69,73-74H,3-13,15,17-19,21,23-26,28,30-58,60-62,64-67H2,1-2H3,(H,72,75)/b16-14-,22-20-,29-27-,63-59+. The summed E-state index contributed by atoms with van der Waals surface area (Å²) >= 11 is 0. The Bertz CT molecular complexity index is 1290. The first-order valence-corrected chi connectivity index (χ1v) is 34.4. The van der Waals surface area contributed by atoms with Gasteiger partial charge in [0, 0.05) is 12.8 Å². The van der Waals surface area contributed by atoms with Crippen LogP contribution in [-0.4, -0.2) is 47.4 Å². The van der Waals surface area contributed by atoms with Crippen molar-refractivity contribution in [2.24, 2.45) is 0 Å². The van der Waals surface area contributed by atoms with Gasteiger partial charge in [-0.2, -0.15) is 0 Å². The van der Waals surface area contributed by atoms with E-state index in [2.05, 4.69) is 55.6 Å². The zero-order valence-electron chi connectivity index (χ0n) is 51.7. The number of unbranched alkanes of at least 4 members (excludes halogenated alkanes) is 47. The van der Waals surface area contributed by atoms with Gasteiger partial charge < -0.3 is 20.3 Å². The Hall–Kier alpha value is -2.18. The van der Waals surface area contributed by atoms with Crippen molar-refractivity contribution in [1.29, 1.82) is 0 Å². The summed E-state index contributed by atoms with van der Waals surface area (Å²) in [6.07, 6.45) is 86.0. The minimum Gasteiger partial charge on any atom is -0.466 e. The SMILES string of the molecule is CCCCCC/C=C\C/C=C\CCCCCCCCCC(=O)OCCCCCCCCCC/C=C\CCCCCCCCCC(=O)NC(CO)C(O)/C=C/CCCCCCCCCCCCCCCCCCCCCCC. The molecule has 77 heavy (non-hydrogen) atoms. The van der Waals surface area contributed by atoms with E-state index in [0.29, 0.717) is 19.4 Å². The predicted molar refractivity (Wildman–Crippen MR) is 338 cm³/mol. The lowest BCUT2D eigenvalue weighted by molar-refractivity contribution is -0.143. The molecule has 3 N–H and O–H groups in total. The number of esters is 1. The fourth-order valence-corrected chi connectivity index (χ4v) is 10.5. The number of ether oxygens (including phenoxy) is 1. The fourth-order valence-electron chi connectivity index (χ4n) is 10.5. The third-order valence-corrected chi connectivity index (χ3v) is 15.8. The van der Waals surface area contributed by atoms with E-state index in [4.69, 9.17) is 4.74 Å². The lowest BCUT2D eigenvalue weighted by Crippen LogP contribution is -2.45. The molecule has 0 radical (unpaired) electrons. The number of amides is 1. The van der Waals surface area contributed by atoms with Crippen molar-refractivity contribution in [3.05, 3.63) is 48.6 Å².